The van der Waals surface area contributed by atoms with Crippen molar-refractivity contribution in [2.24, 2.45) is 5.10 Å². The molecule has 2 aromatic carbocycles. The zero-order valence-electron chi connectivity index (χ0n) is 16.5. The minimum absolute atomic E-state index is 0.159. The van der Waals surface area contributed by atoms with Crippen LogP contribution in [-0.2, 0) is 4.79 Å². The van der Waals surface area contributed by atoms with Crippen LogP contribution in [0, 0.1) is 6.92 Å². The second-order valence-electron chi connectivity index (χ2n) is 6.53. The summed E-state index contributed by atoms with van der Waals surface area (Å²) in [4.78, 5) is 13.3. The maximum atomic E-state index is 12.3. The van der Waals surface area contributed by atoms with Gasteiger partial charge in [-0.05, 0) is 60.3 Å². The number of nitrogens with zero attached hydrogens (tertiary/aromatic N) is 4. The van der Waals surface area contributed by atoms with Crippen LogP contribution in [0.4, 0.5) is 0 Å². The second-order valence-corrected chi connectivity index (χ2v) is 8.86. The van der Waals surface area contributed by atoms with E-state index in [4.69, 9.17) is 11.6 Å². The minimum atomic E-state index is -0.217. The van der Waals surface area contributed by atoms with E-state index in [-0.39, 0.29) is 11.7 Å². The largest absolute Gasteiger partial charge is 0.272 e. The van der Waals surface area contributed by atoms with Crippen LogP contribution in [0.1, 0.15) is 10.4 Å². The van der Waals surface area contributed by atoms with E-state index in [1.165, 1.54) is 11.8 Å². The van der Waals surface area contributed by atoms with Gasteiger partial charge in [-0.2, -0.15) is 5.10 Å². The van der Waals surface area contributed by atoms with E-state index in [1.54, 1.807) is 17.6 Å². The maximum absolute atomic E-state index is 12.3. The van der Waals surface area contributed by atoms with Gasteiger partial charge >= 0.3 is 0 Å². The number of hydrogen-bond donors (Lipinski definition) is 1. The van der Waals surface area contributed by atoms with E-state index in [1.807, 2.05) is 77.5 Å². The number of thiophene rings is 1. The highest BCUT2D eigenvalue weighted by atomic mass is 35.5. The SMILES string of the molecule is Cc1ccsc1/C=N\NC(=O)CSc1nnc(-c2ccc(Cl)cc2)n1-c1ccccc1. The summed E-state index contributed by atoms with van der Waals surface area (Å²) in [6.07, 6.45) is 1.66. The van der Waals surface area contributed by atoms with Gasteiger partial charge in [0.25, 0.3) is 5.91 Å². The molecule has 6 nitrogen and oxygen atoms in total. The lowest BCUT2D eigenvalue weighted by atomic mass is 10.2. The van der Waals surface area contributed by atoms with Gasteiger partial charge in [0.1, 0.15) is 0 Å². The number of aromatic nitrogens is 3. The molecule has 0 aliphatic heterocycles. The number of halogens is 1. The Labute approximate surface area is 193 Å². The molecule has 9 heteroatoms. The summed E-state index contributed by atoms with van der Waals surface area (Å²) in [6, 6.07) is 19.2. The van der Waals surface area contributed by atoms with E-state index < -0.39 is 0 Å². The van der Waals surface area contributed by atoms with Crippen molar-refractivity contribution in [3.8, 4) is 17.1 Å². The number of hydrazone groups is 1. The van der Waals surface area contributed by atoms with E-state index in [2.05, 4.69) is 20.7 Å². The van der Waals surface area contributed by atoms with Crippen molar-refractivity contribution in [3.05, 3.63) is 81.5 Å². The van der Waals surface area contributed by atoms with Crippen LogP contribution in [0.5, 0.6) is 0 Å². The highest BCUT2D eigenvalue weighted by molar-refractivity contribution is 7.99. The molecule has 31 heavy (non-hydrogen) atoms. The fourth-order valence-electron chi connectivity index (χ4n) is 2.80. The van der Waals surface area contributed by atoms with Crippen molar-refractivity contribution in [3.63, 3.8) is 0 Å². The van der Waals surface area contributed by atoms with Crippen molar-refractivity contribution in [1.82, 2.24) is 20.2 Å². The quantitative estimate of drug-likeness (QED) is 0.230. The molecule has 0 atom stereocenters. The first-order chi connectivity index (χ1) is 15.1. The number of hydrogen-bond acceptors (Lipinski definition) is 6. The first kappa shape index (κ1) is 21.3. The molecule has 1 amide bonds. The summed E-state index contributed by atoms with van der Waals surface area (Å²) < 4.78 is 1.93. The van der Waals surface area contributed by atoms with Crippen molar-refractivity contribution < 1.29 is 4.79 Å². The Morgan fingerprint density at radius 1 is 1.16 bits per heavy atom. The van der Waals surface area contributed by atoms with Gasteiger partial charge in [-0.25, -0.2) is 5.43 Å². The molecule has 1 N–H and O–H groups in total. The molecule has 0 saturated carbocycles. The predicted octanol–water partition coefficient (Wildman–Crippen LogP) is 5.20. The molecule has 0 radical (unpaired) electrons. The average Bonchev–Trinajstić information content (AvgIpc) is 3.39. The summed E-state index contributed by atoms with van der Waals surface area (Å²) in [5, 5.41) is 16.0. The van der Waals surface area contributed by atoms with Gasteiger partial charge in [-0.3, -0.25) is 9.36 Å². The monoisotopic (exact) mass is 467 g/mol. The predicted molar refractivity (Wildman–Crippen MR) is 127 cm³/mol. The lowest BCUT2D eigenvalue weighted by Crippen LogP contribution is -2.20. The number of nitrogens with one attached hydrogen (secondary N) is 1. The molecule has 0 aliphatic carbocycles. The van der Waals surface area contributed by atoms with Crippen LogP contribution >= 0.6 is 34.7 Å². The van der Waals surface area contributed by atoms with E-state index in [9.17, 15) is 4.79 Å². The molecule has 0 spiro atoms. The zero-order chi connectivity index (χ0) is 21.6. The van der Waals surface area contributed by atoms with Crippen LogP contribution in [0.15, 0.2) is 76.3 Å². The van der Waals surface area contributed by atoms with Crippen LogP contribution in [0.25, 0.3) is 17.1 Å². The smallest absolute Gasteiger partial charge is 0.250 e. The third-order valence-electron chi connectivity index (χ3n) is 4.36. The zero-order valence-corrected chi connectivity index (χ0v) is 18.9. The lowest BCUT2D eigenvalue weighted by molar-refractivity contribution is -0.118. The summed E-state index contributed by atoms with van der Waals surface area (Å²) in [5.74, 6) is 0.620. The van der Waals surface area contributed by atoms with Gasteiger partial charge in [0.15, 0.2) is 11.0 Å². The van der Waals surface area contributed by atoms with Crippen molar-refractivity contribution in [2.45, 2.75) is 12.1 Å². The normalized spacial score (nSPS) is 11.2. The summed E-state index contributed by atoms with van der Waals surface area (Å²) in [5.41, 5.74) is 5.49. The van der Waals surface area contributed by atoms with Gasteiger partial charge in [0.05, 0.1) is 12.0 Å². The van der Waals surface area contributed by atoms with Crippen LogP contribution in [0.3, 0.4) is 0 Å². The van der Waals surface area contributed by atoms with Crippen molar-refractivity contribution >= 4 is 46.8 Å². The van der Waals surface area contributed by atoms with E-state index in [0.29, 0.717) is 16.0 Å². The number of benzene rings is 2. The Bertz CT molecular complexity index is 1200. The van der Waals surface area contributed by atoms with Crippen LogP contribution in [0.2, 0.25) is 5.02 Å². The topological polar surface area (TPSA) is 72.2 Å². The van der Waals surface area contributed by atoms with Gasteiger partial charge in [-0.15, -0.1) is 21.5 Å². The number of thioether (sulfide) groups is 1. The molecule has 2 heterocycles. The Morgan fingerprint density at radius 3 is 2.65 bits per heavy atom. The number of amides is 1. The Kier molecular flexibility index (Phi) is 6.81. The number of para-hydroxylation sites is 1. The molecule has 0 bridgehead atoms. The fourth-order valence-corrected chi connectivity index (χ4v) is 4.46. The maximum Gasteiger partial charge on any atom is 0.250 e. The summed E-state index contributed by atoms with van der Waals surface area (Å²) in [6.45, 7) is 2.00. The molecule has 4 aromatic rings. The van der Waals surface area contributed by atoms with Gasteiger partial charge in [0.2, 0.25) is 0 Å². The average molecular weight is 468 g/mol. The molecular weight excluding hydrogens is 450 g/mol. The molecular formula is C22H18ClN5OS2. The second kappa shape index (κ2) is 9.91. The van der Waals surface area contributed by atoms with Gasteiger partial charge < -0.3 is 0 Å². The third kappa shape index (κ3) is 5.22. The standard InChI is InChI=1S/C22H18ClN5OS2/c1-15-11-12-30-19(15)13-24-25-20(29)14-31-22-27-26-21(16-7-9-17(23)10-8-16)28(22)18-5-3-2-4-6-18/h2-13H,14H2,1H3,(H,25,29)/b24-13-. The fraction of sp³-hybridized carbons (Fsp3) is 0.0909. The van der Waals surface area contributed by atoms with E-state index >= 15 is 0 Å². The molecule has 156 valence electrons. The van der Waals surface area contributed by atoms with Gasteiger partial charge in [-0.1, -0.05) is 41.6 Å². The van der Waals surface area contributed by atoms with Crippen LogP contribution < -0.4 is 5.43 Å². The minimum Gasteiger partial charge on any atom is -0.272 e. The van der Waals surface area contributed by atoms with Gasteiger partial charge in [0, 0.05) is 21.2 Å². The highest BCUT2D eigenvalue weighted by Crippen LogP contribution is 2.28. The number of rotatable bonds is 7. The first-order valence-corrected chi connectivity index (χ1v) is 11.6. The highest BCUT2D eigenvalue weighted by Gasteiger charge is 2.17. The van der Waals surface area contributed by atoms with Crippen LogP contribution in [-0.4, -0.2) is 32.6 Å². The Hall–Kier alpha value is -2.94. The van der Waals surface area contributed by atoms with Crippen molar-refractivity contribution in [1.29, 1.82) is 0 Å². The molecule has 0 unspecified atom stereocenters. The van der Waals surface area contributed by atoms with Crippen molar-refractivity contribution in [2.75, 3.05) is 5.75 Å². The Balaban J connectivity index is 1.51. The van der Waals surface area contributed by atoms with E-state index in [0.717, 1.165) is 21.7 Å². The molecule has 0 saturated heterocycles. The number of carbonyl (C=O) groups is 1. The third-order valence-corrected chi connectivity index (χ3v) is 6.49. The molecule has 4 rings (SSSR count). The molecule has 0 fully saturated rings. The molecule has 2 aromatic heterocycles. The first-order valence-electron chi connectivity index (χ1n) is 9.37. The summed E-state index contributed by atoms with van der Waals surface area (Å²) >= 11 is 8.90. The lowest BCUT2D eigenvalue weighted by Gasteiger charge is -2.10. The molecule has 0 aliphatic rings. The Morgan fingerprint density at radius 2 is 1.94 bits per heavy atom. The summed E-state index contributed by atoms with van der Waals surface area (Å²) in [7, 11) is 0. The number of carbonyl (C=O) groups excluding carboxylic acids is 1. The number of aryl methyl sites for hydroxylation is 1.